The molecular formula is C24H22F4N3O5S3+. The van der Waals surface area contributed by atoms with Gasteiger partial charge in [-0.15, -0.1) is 19.8 Å². The van der Waals surface area contributed by atoms with Crippen LogP contribution >= 0.6 is 11.3 Å². The standard InChI is InChI=1S/C24H22F4N3O5S3/c1-23(32,24(26,27)28)17-4-8-19(9-5-17)31-13-12-30(39(35,36)22-3-2-14-37-22)16-20(31)15-29-38(33,34)21-10-6-18(25)7-11-21/h2-11,14,20,32H,12-13,16H2,1H3/q+1/t20-,23-/m0/s1. The van der Waals surface area contributed by atoms with E-state index in [9.17, 15) is 39.5 Å². The lowest BCUT2D eigenvalue weighted by molar-refractivity contribution is -0.258. The topological polar surface area (TPSA) is 99.3 Å². The van der Waals surface area contributed by atoms with E-state index < -0.39 is 49.2 Å². The SMILES string of the molecule is C[C@](O)(c1ccc(N2CCN(S(=O)(=O)c3cccs3)C[C@@H]2C#[N+]S(=O)(=O)c2ccc(F)cc2)cc1)C(F)(F)F. The first kappa shape index (κ1) is 29.0. The molecule has 1 saturated heterocycles. The van der Waals surface area contributed by atoms with Gasteiger partial charge in [-0.25, -0.2) is 12.8 Å². The molecule has 208 valence electrons. The quantitative estimate of drug-likeness (QED) is 0.437. The van der Waals surface area contributed by atoms with E-state index in [-0.39, 0.29) is 28.7 Å². The van der Waals surface area contributed by atoms with Crippen LogP contribution in [0.4, 0.5) is 23.2 Å². The van der Waals surface area contributed by atoms with Gasteiger partial charge in [-0.2, -0.15) is 17.5 Å². The summed E-state index contributed by atoms with van der Waals surface area (Å²) in [6.45, 7) is 0.388. The van der Waals surface area contributed by atoms with Crippen LogP contribution in [0.2, 0.25) is 0 Å². The summed E-state index contributed by atoms with van der Waals surface area (Å²) in [5, 5.41) is 11.6. The Kier molecular flexibility index (Phi) is 7.80. The second-order valence-electron chi connectivity index (χ2n) is 8.77. The predicted octanol–water partition coefficient (Wildman–Crippen LogP) is 4.26. The normalized spacial score (nSPS) is 18.7. The molecule has 0 radical (unpaired) electrons. The van der Waals surface area contributed by atoms with Crippen molar-refractivity contribution in [3.05, 3.63) is 81.7 Å². The first-order valence-corrected chi connectivity index (χ1v) is 15.1. The minimum Gasteiger partial charge on any atom is -0.376 e. The van der Waals surface area contributed by atoms with Crippen molar-refractivity contribution in [1.82, 2.24) is 4.31 Å². The van der Waals surface area contributed by atoms with Crippen molar-refractivity contribution in [2.45, 2.75) is 33.8 Å². The third-order valence-corrected chi connectivity index (χ3v) is 10.6. The summed E-state index contributed by atoms with van der Waals surface area (Å²) in [6, 6.07) is 13.1. The van der Waals surface area contributed by atoms with Crippen molar-refractivity contribution in [2.24, 2.45) is 0 Å². The van der Waals surface area contributed by atoms with Crippen molar-refractivity contribution in [1.29, 1.82) is 0 Å². The summed E-state index contributed by atoms with van der Waals surface area (Å²) in [4.78, 5) is 1.25. The second kappa shape index (κ2) is 10.5. The molecule has 39 heavy (non-hydrogen) atoms. The number of hydrogen-bond donors (Lipinski definition) is 1. The molecular weight excluding hydrogens is 582 g/mol. The molecule has 0 saturated carbocycles. The highest BCUT2D eigenvalue weighted by Gasteiger charge is 2.51. The van der Waals surface area contributed by atoms with Gasteiger partial charge in [0.05, 0.1) is 10.8 Å². The van der Waals surface area contributed by atoms with E-state index in [2.05, 4.69) is 10.3 Å². The van der Waals surface area contributed by atoms with Crippen LogP contribution in [0.1, 0.15) is 12.5 Å². The highest BCUT2D eigenvalue weighted by Crippen LogP contribution is 2.39. The molecule has 0 spiro atoms. The van der Waals surface area contributed by atoms with E-state index in [1.807, 2.05) is 0 Å². The summed E-state index contributed by atoms with van der Waals surface area (Å²) < 4.78 is 109. The summed E-state index contributed by atoms with van der Waals surface area (Å²) in [7, 11) is -8.24. The van der Waals surface area contributed by atoms with Crippen molar-refractivity contribution >= 4 is 37.1 Å². The van der Waals surface area contributed by atoms with Gasteiger partial charge in [0.2, 0.25) is 0 Å². The maximum Gasteiger partial charge on any atom is 0.510 e. The number of nitrogens with zero attached hydrogens (tertiary/aromatic N) is 3. The fourth-order valence-corrected chi connectivity index (χ4v) is 7.29. The van der Waals surface area contributed by atoms with Gasteiger partial charge in [-0.05, 0) is 60.3 Å². The Morgan fingerprint density at radius 1 is 1.00 bits per heavy atom. The van der Waals surface area contributed by atoms with Gasteiger partial charge >= 0.3 is 22.3 Å². The number of hydrogen-bond acceptors (Lipinski definition) is 7. The molecule has 1 fully saturated rings. The van der Waals surface area contributed by atoms with Gasteiger partial charge in [-0.3, -0.25) is 0 Å². The molecule has 15 heteroatoms. The van der Waals surface area contributed by atoms with E-state index in [0.717, 1.165) is 52.0 Å². The Labute approximate surface area is 226 Å². The molecule has 8 nitrogen and oxygen atoms in total. The van der Waals surface area contributed by atoms with Crippen LogP contribution in [0.3, 0.4) is 0 Å². The summed E-state index contributed by atoms with van der Waals surface area (Å²) in [5.74, 6) is -0.650. The van der Waals surface area contributed by atoms with E-state index >= 15 is 0 Å². The predicted molar refractivity (Wildman–Crippen MR) is 137 cm³/mol. The maximum absolute atomic E-state index is 13.3. The Morgan fingerprint density at radius 2 is 1.64 bits per heavy atom. The number of alkyl halides is 3. The van der Waals surface area contributed by atoms with E-state index in [0.29, 0.717) is 12.6 Å². The van der Waals surface area contributed by atoms with Crippen LogP contribution in [0.25, 0.3) is 4.25 Å². The van der Waals surface area contributed by atoms with Gasteiger partial charge in [0.1, 0.15) is 10.0 Å². The molecule has 2 heterocycles. The fourth-order valence-electron chi connectivity index (χ4n) is 3.86. The number of thiophene rings is 1. The number of piperazine rings is 1. The Hall–Kier alpha value is -3.03. The van der Waals surface area contributed by atoms with Crippen LogP contribution in [-0.2, 0) is 25.6 Å². The molecule has 2 atom stereocenters. The lowest BCUT2D eigenvalue weighted by Gasteiger charge is -2.37. The lowest BCUT2D eigenvalue weighted by atomic mass is 9.95. The Balaban J connectivity index is 1.69. The van der Waals surface area contributed by atoms with Gasteiger partial charge in [0, 0.05) is 18.8 Å². The molecule has 1 aliphatic rings. The van der Waals surface area contributed by atoms with Crippen LogP contribution in [-0.4, -0.2) is 58.1 Å². The van der Waals surface area contributed by atoms with Crippen LogP contribution in [0.5, 0.6) is 0 Å². The number of anilines is 1. The van der Waals surface area contributed by atoms with Crippen molar-refractivity contribution in [3.63, 3.8) is 0 Å². The molecule has 1 N–H and O–H groups in total. The van der Waals surface area contributed by atoms with Crippen LogP contribution < -0.4 is 4.90 Å². The third-order valence-electron chi connectivity index (χ3n) is 6.18. The highest BCUT2D eigenvalue weighted by atomic mass is 32.2. The molecule has 0 bridgehead atoms. The van der Waals surface area contributed by atoms with E-state index in [4.69, 9.17) is 0 Å². The molecule has 3 aromatic rings. The molecule has 0 amide bonds. The van der Waals surface area contributed by atoms with E-state index in [1.54, 1.807) is 16.3 Å². The van der Waals surface area contributed by atoms with Crippen molar-refractivity contribution in [2.75, 3.05) is 24.5 Å². The summed E-state index contributed by atoms with van der Waals surface area (Å²) >= 11 is 1.01. The number of sulfonamides is 2. The molecule has 2 aromatic carbocycles. The average molecular weight is 605 g/mol. The molecule has 4 rings (SSSR count). The summed E-state index contributed by atoms with van der Waals surface area (Å²) in [6.07, 6.45) is -4.92. The minimum absolute atomic E-state index is 0.00879. The fraction of sp³-hybridized carbons (Fsp3) is 0.292. The molecule has 1 aromatic heterocycles. The second-order valence-corrected chi connectivity index (χ2v) is 13.5. The maximum atomic E-state index is 13.3. The van der Waals surface area contributed by atoms with Crippen LogP contribution in [0, 0.1) is 11.9 Å². The van der Waals surface area contributed by atoms with Crippen molar-refractivity contribution in [3.8, 4) is 6.07 Å². The zero-order valence-corrected chi connectivity index (χ0v) is 22.7. The third kappa shape index (κ3) is 5.94. The zero-order valence-electron chi connectivity index (χ0n) is 20.2. The number of rotatable bonds is 5. The van der Waals surface area contributed by atoms with Gasteiger partial charge in [0.25, 0.3) is 10.0 Å². The Morgan fingerprint density at radius 3 is 2.21 bits per heavy atom. The number of benzene rings is 2. The minimum atomic E-state index is -4.92. The number of halogens is 4. The monoisotopic (exact) mass is 604 g/mol. The largest absolute Gasteiger partial charge is 0.510 e. The first-order valence-electron chi connectivity index (χ1n) is 11.3. The number of aliphatic hydroxyl groups is 1. The lowest BCUT2D eigenvalue weighted by Crippen LogP contribution is -2.54. The van der Waals surface area contributed by atoms with Gasteiger partial charge < -0.3 is 10.0 Å². The van der Waals surface area contributed by atoms with E-state index in [1.165, 1.54) is 18.2 Å². The molecule has 0 aliphatic carbocycles. The van der Waals surface area contributed by atoms with Crippen molar-refractivity contribution < 1.29 is 39.5 Å². The molecule has 1 aliphatic heterocycles. The van der Waals surface area contributed by atoms with Gasteiger partial charge in [0.15, 0.2) is 16.5 Å². The van der Waals surface area contributed by atoms with Gasteiger partial charge in [-0.1, -0.05) is 18.2 Å². The highest BCUT2D eigenvalue weighted by molar-refractivity contribution is 7.93. The summed E-state index contributed by atoms with van der Waals surface area (Å²) in [5.41, 5.74) is -3.18. The van der Waals surface area contributed by atoms with Crippen LogP contribution in [0.15, 0.2) is 75.1 Å². The zero-order chi connectivity index (χ0) is 28.6. The smallest absolute Gasteiger partial charge is 0.376 e. The first-order chi connectivity index (χ1) is 18.1. The average Bonchev–Trinajstić information content (AvgIpc) is 3.43. The Bertz CT molecular complexity index is 1600. The molecule has 0 unspecified atom stereocenters.